The van der Waals surface area contributed by atoms with Gasteiger partial charge in [-0.3, -0.25) is 9.59 Å². The molecule has 1 heterocycles. The summed E-state index contributed by atoms with van der Waals surface area (Å²) in [6, 6.07) is 17.0. The first kappa shape index (κ1) is 17.2. The van der Waals surface area contributed by atoms with E-state index in [1.165, 1.54) is 0 Å². The van der Waals surface area contributed by atoms with Gasteiger partial charge in [-0.25, -0.2) is 4.98 Å². The Bertz CT molecular complexity index is 988. The van der Waals surface area contributed by atoms with Gasteiger partial charge in [0, 0.05) is 17.8 Å². The highest BCUT2D eigenvalue weighted by Crippen LogP contribution is 2.22. The van der Waals surface area contributed by atoms with E-state index in [0.29, 0.717) is 11.3 Å². The molecule has 0 radical (unpaired) electrons. The number of anilines is 1. The van der Waals surface area contributed by atoms with Crippen LogP contribution in [0.5, 0.6) is 0 Å². The second kappa shape index (κ2) is 7.58. The molecule has 2 N–H and O–H groups in total. The molecule has 1 fully saturated rings. The average molecular weight is 359 g/mol. The summed E-state index contributed by atoms with van der Waals surface area (Å²) in [5, 5.41) is 7.76. The minimum Gasteiger partial charge on any atom is -0.348 e. The zero-order chi connectivity index (χ0) is 18.6. The molecular weight excluding hydrogens is 338 g/mol. The summed E-state index contributed by atoms with van der Waals surface area (Å²) in [5.74, 6) is -0.495. The largest absolute Gasteiger partial charge is 0.348 e. The number of amides is 2. The molecular formula is C22H21N3O2. The number of nitrogens with one attached hydrogen (secondary N) is 2. The van der Waals surface area contributed by atoms with Gasteiger partial charge in [-0.1, -0.05) is 49.2 Å². The van der Waals surface area contributed by atoms with E-state index >= 15 is 0 Å². The molecule has 0 bridgehead atoms. The van der Waals surface area contributed by atoms with Crippen LogP contribution in [0.3, 0.4) is 0 Å². The summed E-state index contributed by atoms with van der Waals surface area (Å²) in [6.07, 6.45) is 5.83. The summed E-state index contributed by atoms with van der Waals surface area (Å²) >= 11 is 0. The lowest BCUT2D eigenvalue weighted by atomic mass is 10.0. The summed E-state index contributed by atoms with van der Waals surface area (Å²) < 4.78 is 0. The Morgan fingerprint density at radius 3 is 2.52 bits per heavy atom. The number of nitrogens with zero attached hydrogens (tertiary/aromatic N) is 1. The molecule has 1 saturated carbocycles. The Morgan fingerprint density at radius 2 is 1.67 bits per heavy atom. The third-order valence-electron chi connectivity index (χ3n) is 5.00. The van der Waals surface area contributed by atoms with Crippen molar-refractivity contribution in [2.75, 3.05) is 5.32 Å². The van der Waals surface area contributed by atoms with E-state index in [0.717, 1.165) is 36.5 Å². The molecule has 0 spiro atoms. The molecule has 1 aliphatic carbocycles. The third kappa shape index (κ3) is 3.67. The molecule has 0 aliphatic heterocycles. The molecule has 5 nitrogen and oxygen atoms in total. The van der Waals surface area contributed by atoms with Crippen molar-refractivity contribution in [1.82, 2.24) is 10.3 Å². The van der Waals surface area contributed by atoms with Crippen LogP contribution >= 0.6 is 0 Å². The molecule has 2 amide bonds. The van der Waals surface area contributed by atoms with E-state index in [1.807, 2.05) is 36.4 Å². The van der Waals surface area contributed by atoms with Crippen LogP contribution in [0.2, 0.25) is 0 Å². The highest BCUT2D eigenvalue weighted by atomic mass is 16.2. The Kier molecular flexibility index (Phi) is 4.83. The van der Waals surface area contributed by atoms with Crippen molar-refractivity contribution in [2.45, 2.75) is 31.7 Å². The number of carbonyl (C=O) groups is 2. The van der Waals surface area contributed by atoms with Crippen molar-refractivity contribution in [2.24, 2.45) is 0 Å². The summed E-state index contributed by atoms with van der Waals surface area (Å²) in [5.41, 5.74) is 1.24. The van der Waals surface area contributed by atoms with Gasteiger partial charge in [-0.05, 0) is 41.8 Å². The Hall–Kier alpha value is -3.21. The Morgan fingerprint density at radius 1 is 0.889 bits per heavy atom. The van der Waals surface area contributed by atoms with Crippen LogP contribution in [0.15, 0.2) is 60.8 Å². The number of hydrogen-bond acceptors (Lipinski definition) is 3. The topological polar surface area (TPSA) is 71.1 Å². The van der Waals surface area contributed by atoms with Crippen LogP contribution in [-0.4, -0.2) is 22.8 Å². The van der Waals surface area contributed by atoms with Crippen molar-refractivity contribution >= 4 is 28.3 Å². The van der Waals surface area contributed by atoms with E-state index in [-0.39, 0.29) is 23.6 Å². The standard InChI is InChI=1S/C22H21N3O2/c26-21(18-12-5-8-15-7-1-4-11-17(15)18)25-19-13-6-14-23-20(19)22(27)24-16-9-2-3-10-16/h1,4-8,11-14,16H,2-3,9-10H2,(H,24,27)(H,25,26). The predicted octanol–water partition coefficient (Wildman–Crippen LogP) is 4.16. The number of benzene rings is 2. The van der Waals surface area contributed by atoms with Crippen molar-refractivity contribution in [3.8, 4) is 0 Å². The van der Waals surface area contributed by atoms with Gasteiger partial charge in [0.1, 0.15) is 0 Å². The lowest BCUT2D eigenvalue weighted by Gasteiger charge is -2.14. The molecule has 3 aromatic rings. The highest BCUT2D eigenvalue weighted by Gasteiger charge is 2.21. The maximum Gasteiger partial charge on any atom is 0.272 e. The Balaban J connectivity index is 1.59. The van der Waals surface area contributed by atoms with Gasteiger partial charge in [-0.2, -0.15) is 0 Å². The predicted molar refractivity (Wildman–Crippen MR) is 106 cm³/mol. The average Bonchev–Trinajstić information content (AvgIpc) is 3.21. The lowest BCUT2D eigenvalue weighted by molar-refractivity contribution is 0.0934. The monoisotopic (exact) mass is 359 g/mol. The van der Waals surface area contributed by atoms with E-state index in [4.69, 9.17) is 0 Å². The molecule has 136 valence electrons. The van der Waals surface area contributed by atoms with Gasteiger partial charge in [-0.15, -0.1) is 0 Å². The van der Waals surface area contributed by atoms with Crippen molar-refractivity contribution < 1.29 is 9.59 Å². The number of rotatable bonds is 4. The van der Waals surface area contributed by atoms with Crippen molar-refractivity contribution in [3.05, 3.63) is 72.1 Å². The van der Waals surface area contributed by atoms with Gasteiger partial charge >= 0.3 is 0 Å². The molecule has 4 rings (SSSR count). The maximum absolute atomic E-state index is 12.9. The second-order valence-corrected chi connectivity index (χ2v) is 6.84. The van der Waals surface area contributed by atoms with Crippen LogP contribution < -0.4 is 10.6 Å². The number of aromatic nitrogens is 1. The zero-order valence-corrected chi connectivity index (χ0v) is 14.9. The van der Waals surface area contributed by atoms with E-state index in [9.17, 15) is 9.59 Å². The molecule has 27 heavy (non-hydrogen) atoms. The number of pyridine rings is 1. The molecule has 0 atom stereocenters. The van der Waals surface area contributed by atoms with Crippen LogP contribution in [0.4, 0.5) is 5.69 Å². The minimum absolute atomic E-state index is 0.195. The normalized spacial score (nSPS) is 14.2. The molecule has 1 aromatic heterocycles. The fourth-order valence-electron chi connectivity index (χ4n) is 3.62. The van der Waals surface area contributed by atoms with Gasteiger partial charge < -0.3 is 10.6 Å². The first-order chi connectivity index (χ1) is 13.2. The number of hydrogen-bond donors (Lipinski definition) is 2. The summed E-state index contributed by atoms with van der Waals surface area (Å²) in [6.45, 7) is 0. The molecule has 1 aliphatic rings. The second-order valence-electron chi connectivity index (χ2n) is 6.84. The number of carbonyl (C=O) groups excluding carboxylic acids is 2. The minimum atomic E-state index is -0.255. The van der Waals surface area contributed by atoms with E-state index in [1.54, 1.807) is 24.4 Å². The first-order valence-electron chi connectivity index (χ1n) is 9.27. The van der Waals surface area contributed by atoms with Gasteiger partial charge in [0.2, 0.25) is 0 Å². The molecule has 5 heteroatoms. The maximum atomic E-state index is 12.9. The summed E-state index contributed by atoms with van der Waals surface area (Å²) in [4.78, 5) is 29.7. The lowest BCUT2D eigenvalue weighted by Crippen LogP contribution is -2.33. The van der Waals surface area contributed by atoms with Gasteiger partial charge in [0.05, 0.1) is 5.69 Å². The van der Waals surface area contributed by atoms with Crippen LogP contribution in [0, 0.1) is 0 Å². The fourth-order valence-corrected chi connectivity index (χ4v) is 3.62. The number of fused-ring (bicyclic) bond motifs is 1. The first-order valence-corrected chi connectivity index (χ1v) is 9.27. The smallest absolute Gasteiger partial charge is 0.272 e. The quantitative estimate of drug-likeness (QED) is 0.735. The molecule has 2 aromatic carbocycles. The SMILES string of the molecule is O=C(NC1CCCC1)c1ncccc1NC(=O)c1cccc2ccccc12. The van der Waals surface area contributed by atoms with Crippen LogP contribution in [0.1, 0.15) is 46.5 Å². The van der Waals surface area contributed by atoms with Gasteiger partial charge in [0.15, 0.2) is 5.69 Å². The highest BCUT2D eigenvalue weighted by molar-refractivity contribution is 6.14. The van der Waals surface area contributed by atoms with E-state index in [2.05, 4.69) is 15.6 Å². The zero-order valence-electron chi connectivity index (χ0n) is 14.9. The Labute approximate surface area is 157 Å². The summed E-state index contributed by atoms with van der Waals surface area (Å²) in [7, 11) is 0. The van der Waals surface area contributed by atoms with Crippen molar-refractivity contribution in [1.29, 1.82) is 0 Å². The van der Waals surface area contributed by atoms with Crippen LogP contribution in [0.25, 0.3) is 10.8 Å². The molecule has 0 saturated heterocycles. The third-order valence-corrected chi connectivity index (χ3v) is 5.00. The molecule has 0 unspecified atom stereocenters. The van der Waals surface area contributed by atoms with Crippen LogP contribution in [-0.2, 0) is 0 Å². The van der Waals surface area contributed by atoms with Gasteiger partial charge in [0.25, 0.3) is 11.8 Å². The fraction of sp³-hybridized carbons (Fsp3) is 0.227. The van der Waals surface area contributed by atoms with E-state index < -0.39 is 0 Å². The van der Waals surface area contributed by atoms with Crippen molar-refractivity contribution in [3.63, 3.8) is 0 Å².